The molecule has 0 atom stereocenters. The molecule has 1 aromatic heterocycles. The summed E-state index contributed by atoms with van der Waals surface area (Å²) < 4.78 is 3.97. The molecule has 0 saturated heterocycles. The second-order valence-corrected chi connectivity index (χ2v) is 5.60. The molecule has 0 aliphatic heterocycles. The lowest BCUT2D eigenvalue weighted by Gasteiger charge is -2.00. The number of hydrogen-bond acceptors (Lipinski definition) is 1. The van der Waals surface area contributed by atoms with Crippen molar-refractivity contribution in [1.29, 1.82) is 0 Å². The van der Waals surface area contributed by atoms with Crippen LogP contribution in [0.15, 0.2) is 61.2 Å². The molecule has 22 heavy (non-hydrogen) atoms. The Kier molecular flexibility index (Phi) is 5.58. The summed E-state index contributed by atoms with van der Waals surface area (Å²) in [6.45, 7) is 3.60. The van der Waals surface area contributed by atoms with E-state index in [2.05, 4.69) is 40.9 Å². The summed E-state index contributed by atoms with van der Waals surface area (Å²) >= 11 is 6.18. The normalized spacial score (nSPS) is 10.3. The second kappa shape index (κ2) is 7.43. The van der Waals surface area contributed by atoms with Crippen molar-refractivity contribution < 1.29 is 17.0 Å². The van der Waals surface area contributed by atoms with Crippen LogP contribution < -0.4 is 17.0 Å². The number of hydrogen-bond donors (Lipinski definition) is 0. The zero-order chi connectivity index (χ0) is 14.7. The fourth-order valence-electron chi connectivity index (χ4n) is 2.23. The van der Waals surface area contributed by atoms with Gasteiger partial charge in [0.05, 0.1) is 6.54 Å². The van der Waals surface area contributed by atoms with Gasteiger partial charge in [0.2, 0.25) is 6.33 Å². The lowest BCUT2D eigenvalue weighted by molar-refractivity contribution is -0.689. The van der Waals surface area contributed by atoms with Gasteiger partial charge in [0.1, 0.15) is 6.54 Å². The van der Waals surface area contributed by atoms with E-state index in [-0.39, 0.29) is 12.4 Å². The van der Waals surface area contributed by atoms with E-state index in [0.717, 1.165) is 17.1 Å². The highest BCUT2D eigenvalue weighted by atomic mass is 35.5. The molecular formula is C17H17Cl2N3. The number of halogens is 2. The summed E-state index contributed by atoms with van der Waals surface area (Å²) in [6.07, 6.45) is 3.85. The van der Waals surface area contributed by atoms with Crippen molar-refractivity contribution in [2.24, 2.45) is 0 Å². The Morgan fingerprint density at radius 3 is 2.55 bits per heavy atom. The van der Waals surface area contributed by atoms with E-state index in [1.54, 1.807) is 0 Å². The van der Waals surface area contributed by atoms with Crippen LogP contribution in [0.4, 0.5) is 0 Å². The molecular weight excluding hydrogens is 317 g/mol. The molecule has 5 heteroatoms. The summed E-state index contributed by atoms with van der Waals surface area (Å²) in [7, 11) is 0. The Hall–Kier alpha value is -1.84. The predicted molar refractivity (Wildman–Crippen MR) is 83.3 cm³/mol. The van der Waals surface area contributed by atoms with E-state index < -0.39 is 0 Å². The summed E-state index contributed by atoms with van der Waals surface area (Å²) in [5, 5.41) is 5.16. The summed E-state index contributed by atoms with van der Waals surface area (Å²) in [5.74, 6) is 0. The lowest BCUT2D eigenvalue weighted by atomic mass is 10.1. The van der Waals surface area contributed by atoms with Gasteiger partial charge < -0.3 is 12.4 Å². The van der Waals surface area contributed by atoms with Crippen LogP contribution in [-0.4, -0.2) is 9.78 Å². The van der Waals surface area contributed by atoms with Gasteiger partial charge in [0.15, 0.2) is 0 Å². The van der Waals surface area contributed by atoms with Gasteiger partial charge in [-0.3, -0.25) is 0 Å². The maximum Gasteiger partial charge on any atom is 0.265 e. The summed E-state index contributed by atoms with van der Waals surface area (Å²) in [4.78, 5) is 0. The van der Waals surface area contributed by atoms with Crippen molar-refractivity contribution in [3.05, 3.63) is 82.9 Å². The van der Waals surface area contributed by atoms with Crippen LogP contribution >= 0.6 is 11.6 Å². The third-order valence-electron chi connectivity index (χ3n) is 3.41. The molecule has 3 aromatic rings. The van der Waals surface area contributed by atoms with E-state index in [1.165, 1.54) is 11.1 Å². The first-order chi connectivity index (χ1) is 10.2. The van der Waals surface area contributed by atoms with E-state index in [9.17, 15) is 0 Å². The van der Waals surface area contributed by atoms with Crippen molar-refractivity contribution in [2.75, 3.05) is 0 Å². The standard InChI is InChI=1S/C17H17ClN3.ClH/c1-14-6-8-15(9-7-14)10-20-12-19-21(13-20)11-16-4-2-3-5-17(16)18;/h2-9,12-13H,10-11H2,1H3;1H/q+1;/p-1. The van der Waals surface area contributed by atoms with Gasteiger partial charge in [0.25, 0.3) is 6.33 Å². The molecule has 0 spiro atoms. The molecule has 0 unspecified atom stereocenters. The largest absolute Gasteiger partial charge is 1.00 e. The van der Waals surface area contributed by atoms with Crippen LogP contribution in [0.5, 0.6) is 0 Å². The lowest BCUT2D eigenvalue weighted by Crippen LogP contribution is -3.00. The highest BCUT2D eigenvalue weighted by Crippen LogP contribution is 2.15. The fourth-order valence-corrected chi connectivity index (χ4v) is 2.43. The average Bonchev–Trinajstić information content (AvgIpc) is 2.91. The molecule has 0 radical (unpaired) electrons. The van der Waals surface area contributed by atoms with E-state index in [1.807, 2.05) is 41.6 Å². The van der Waals surface area contributed by atoms with Crippen LogP contribution in [0, 0.1) is 6.92 Å². The quantitative estimate of drug-likeness (QED) is 0.626. The highest BCUT2D eigenvalue weighted by molar-refractivity contribution is 6.31. The molecule has 0 N–H and O–H groups in total. The molecule has 0 saturated carbocycles. The van der Waals surface area contributed by atoms with E-state index >= 15 is 0 Å². The number of benzene rings is 2. The van der Waals surface area contributed by atoms with Crippen molar-refractivity contribution in [1.82, 2.24) is 9.78 Å². The molecule has 3 rings (SSSR count). The summed E-state index contributed by atoms with van der Waals surface area (Å²) in [6, 6.07) is 16.4. The third-order valence-corrected chi connectivity index (χ3v) is 3.77. The SMILES string of the molecule is Cc1ccc(C[n+]2cnn(Cc3ccccc3Cl)c2)cc1.[Cl-]. The number of nitrogens with zero attached hydrogens (tertiary/aromatic N) is 3. The number of rotatable bonds is 4. The second-order valence-electron chi connectivity index (χ2n) is 5.19. The van der Waals surface area contributed by atoms with Crippen LogP contribution in [0.1, 0.15) is 16.7 Å². The highest BCUT2D eigenvalue weighted by Gasteiger charge is 2.09. The van der Waals surface area contributed by atoms with Gasteiger partial charge in [-0.15, -0.1) is 4.68 Å². The van der Waals surface area contributed by atoms with Crippen molar-refractivity contribution in [3.63, 3.8) is 0 Å². The Labute approximate surface area is 141 Å². The third kappa shape index (κ3) is 4.09. The van der Waals surface area contributed by atoms with Gasteiger partial charge in [-0.05, 0) is 18.6 Å². The first-order valence-electron chi connectivity index (χ1n) is 6.91. The van der Waals surface area contributed by atoms with E-state index in [4.69, 9.17) is 11.6 Å². The van der Waals surface area contributed by atoms with E-state index in [0.29, 0.717) is 6.54 Å². The number of aryl methyl sites for hydroxylation is 1. The van der Waals surface area contributed by atoms with Gasteiger partial charge in [-0.2, -0.15) is 0 Å². The minimum absolute atomic E-state index is 0. The molecule has 0 aliphatic carbocycles. The van der Waals surface area contributed by atoms with Crippen LogP contribution in [-0.2, 0) is 13.1 Å². The maximum absolute atomic E-state index is 6.18. The van der Waals surface area contributed by atoms with Crippen LogP contribution in [0.2, 0.25) is 5.02 Å². The minimum atomic E-state index is 0. The Morgan fingerprint density at radius 2 is 1.82 bits per heavy atom. The Morgan fingerprint density at radius 1 is 1.09 bits per heavy atom. The molecule has 2 aromatic carbocycles. The van der Waals surface area contributed by atoms with Crippen molar-refractivity contribution in [2.45, 2.75) is 20.0 Å². The smallest absolute Gasteiger partial charge is 0.265 e. The maximum atomic E-state index is 6.18. The topological polar surface area (TPSA) is 21.7 Å². The minimum Gasteiger partial charge on any atom is -1.00 e. The first kappa shape index (κ1) is 16.5. The van der Waals surface area contributed by atoms with Crippen LogP contribution in [0.25, 0.3) is 0 Å². The fraction of sp³-hybridized carbons (Fsp3) is 0.176. The Balaban J connectivity index is 0.00000176. The zero-order valence-corrected chi connectivity index (χ0v) is 13.8. The van der Waals surface area contributed by atoms with Crippen LogP contribution in [0.3, 0.4) is 0 Å². The number of aromatic nitrogens is 3. The van der Waals surface area contributed by atoms with Gasteiger partial charge in [-0.1, -0.05) is 59.6 Å². The molecule has 0 amide bonds. The molecule has 3 nitrogen and oxygen atoms in total. The molecule has 0 bridgehead atoms. The zero-order valence-electron chi connectivity index (χ0n) is 12.3. The molecule has 1 heterocycles. The van der Waals surface area contributed by atoms with Gasteiger partial charge in [-0.25, -0.2) is 4.57 Å². The van der Waals surface area contributed by atoms with Gasteiger partial charge >= 0.3 is 0 Å². The molecule has 0 fully saturated rings. The first-order valence-corrected chi connectivity index (χ1v) is 7.29. The average molecular weight is 334 g/mol. The molecule has 114 valence electrons. The van der Waals surface area contributed by atoms with Crippen molar-refractivity contribution in [3.8, 4) is 0 Å². The predicted octanol–water partition coefficient (Wildman–Crippen LogP) is 0.233. The molecule has 0 aliphatic rings. The van der Waals surface area contributed by atoms with Crippen molar-refractivity contribution >= 4 is 11.6 Å². The Bertz CT molecular complexity index is 736. The van der Waals surface area contributed by atoms with Gasteiger partial charge in [0, 0.05) is 15.7 Å². The monoisotopic (exact) mass is 333 g/mol. The summed E-state index contributed by atoms with van der Waals surface area (Å²) in [5.41, 5.74) is 3.62.